The minimum atomic E-state index is 0.0727. The first-order valence-corrected chi connectivity index (χ1v) is 7.94. The maximum atomic E-state index is 6.27. The molecule has 0 atom stereocenters. The summed E-state index contributed by atoms with van der Waals surface area (Å²) in [5.41, 5.74) is 2.59. The number of halogens is 1. The second-order valence-corrected chi connectivity index (χ2v) is 7.21. The molecule has 1 aliphatic rings. The molecule has 0 radical (unpaired) electrons. The Morgan fingerprint density at radius 3 is 2.80 bits per heavy atom. The SMILES string of the molecule is CC(C)CNCCC(C)(C)c1cc(Cl)cc2c1OCC2. The summed E-state index contributed by atoms with van der Waals surface area (Å²) in [4.78, 5) is 0. The minimum absolute atomic E-state index is 0.0727. The van der Waals surface area contributed by atoms with Crippen LogP contribution in [0.5, 0.6) is 5.75 Å². The molecular formula is C17H26ClNO. The maximum absolute atomic E-state index is 6.27. The van der Waals surface area contributed by atoms with Crippen molar-refractivity contribution < 1.29 is 4.74 Å². The van der Waals surface area contributed by atoms with Crippen LogP contribution in [0.4, 0.5) is 0 Å². The molecule has 112 valence electrons. The summed E-state index contributed by atoms with van der Waals surface area (Å²) in [6.45, 7) is 11.9. The van der Waals surface area contributed by atoms with Crippen LogP contribution in [0.1, 0.15) is 45.2 Å². The predicted molar refractivity (Wildman–Crippen MR) is 86.0 cm³/mol. The first-order chi connectivity index (χ1) is 9.40. The van der Waals surface area contributed by atoms with Crippen molar-refractivity contribution in [1.29, 1.82) is 0 Å². The van der Waals surface area contributed by atoms with E-state index in [-0.39, 0.29) is 5.41 Å². The summed E-state index contributed by atoms with van der Waals surface area (Å²) in [7, 11) is 0. The molecule has 1 heterocycles. The zero-order valence-corrected chi connectivity index (χ0v) is 13.8. The fraction of sp³-hybridized carbons (Fsp3) is 0.647. The molecule has 3 heteroatoms. The van der Waals surface area contributed by atoms with E-state index in [9.17, 15) is 0 Å². The van der Waals surface area contributed by atoms with Gasteiger partial charge in [-0.2, -0.15) is 0 Å². The molecule has 20 heavy (non-hydrogen) atoms. The quantitative estimate of drug-likeness (QED) is 0.795. The Morgan fingerprint density at radius 2 is 2.10 bits per heavy atom. The number of nitrogens with one attached hydrogen (secondary N) is 1. The topological polar surface area (TPSA) is 21.3 Å². The van der Waals surface area contributed by atoms with Crippen LogP contribution in [0.2, 0.25) is 5.02 Å². The minimum Gasteiger partial charge on any atom is -0.493 e. The summed E-state index contributed by atoms with van der Waals surface area (Å²) in [5, 5.41) is 4.35. The van der Waals surface area contributed by atoms with Gasteiger partial charge in [0.1, 0.15) is 5.75 Å². The van der Waals surface area contributed by atoms with E-state index in [1.165, 1.54) is 11.1 Å². The summed E-state index contributed by atoms with van der Waals surface area (Å²) >= 11 is 6.27. The molecule has 1 aliphatic heterocycles. The van der Waals surface area contributed by atoms with E-state index in [4.69, 9.17) is 16.3 Å². The molecule has 1 aromatic carbocycles. The molecule has 1 N–H and O–H groups in total. The highest BCUT2D eigenvalue weighted by molar-refractivity contribution is 6.30. The van der Waals surface area contributed by atoms with Crippen LogP contribution in [0.25, 0.3) is 0 Å². The molecule has 2 nitrogen and oxygen atoms in total. The van der Waals surface area contributed by atoms with Crippen LogP contribution in [-0.4, -0.2) is 19.7 Å². The highest BCUT2D eigenvalue weighted by atomic mass is 35.5. The van der Waals surface area contributed by atoms with Gasteiger partial charge in [0, 0.05) is 17.0 Å². The lowest BCUT2D eigenvalue weighted by atomic mass is 9.80. The van der Waals surface area contributed by atoms with Gasteiger partial charge in [0.2, 0.25) is 0 Å². The van der Waals surface area contributed by atoms with Crippen molar-refractivity contribution in [2.45, 2.75) is 46.0 Å². The smallest absolute Gasteiger partial charge is 0.126 e. The van der Waals surface area contributed by atoms with Gasteiger partial charge in [-0.25, -0.2) is 0 Å². The normalized spacial score (nSPS) is 14.5. The summed E-state index contributed by atoms with van der Waals surface area (Å²) < 4.78 is 5.84. The Bertz CT molecular complexity index is 468. The van der Waals surface area contributed by atoms with Crippen molar-refractivity contribution >= 4 is 11.6 Å². The molecule has 2 rings (SSSR count). The van der Waals surface area contributed by atoms with Gasteiger partial charge in [-0.1, -0.05) is 39.3 Å². The van der Waals surface area contributed by atoms with Crippen molar-refractivity contribution in [3.63, 3.8) is 0 Å². The first kappa shape index (κ1) is 15.7. The van der Waals surface area contributed by atoms with Gasteiger partial charge in [0.15, 0.2) is 0 Å². The van der Waals surface area contributed by atoms with Gasteiger partial charge in [0.25, 0.3) is 0 Å². The van der Waals surface area contributed by atoms with E-state index in [0.717, 1.165) is 43.3 Å². The van der Waals surface area contributed by atoms with Gasteiger partial charge < -0.3 is 10.1 Å². The summed E-state index contributed by atoms with van der Waals surface area (Å²) in [5.74, 6) is 1.76. The fourth-order valence-corrected chi connectivity index (χ4v) is 2.94. The lowest BCUT2D eigenvalue weighted by molar-refractivity contribution is 0.340. The van der Waals surface area contributed by atoms with Gasteiger partial charge in [-0.15, -0.1) is 0 Å². The van der Waals surface area contributed by atoms with Crippen LogP contribution >= 0.6 is 11.6 Å². The summed E-state index contributed by atoms with van der Waals surface area (Å²) in [6.07, 6.45) is 2.06. The number of hydrogen-bond donors (Lipinski definition) is 1. The number of fused-ring (bicyclic) bond motifs is 1. The Hall–Kier alpha value is -0.730. The third kappa shape index (κ3) is 3.67. The second kappa shape index (κ2) is 6.36. The lowest BCUT2D eigenvalue weighted by Gasteiger charge is -2.28. The van der Waals surface area contributed by atoms with Gasteiger partial charge in [-0.05, 0) is 48.5 Å². The number of hydrogen-bond acceptors (Lipinski definition) is 2. The van der Waals surface area contributed by atoms with E-state index in [2.05, 4.69) is 39.1 Å². The van der Waals surface area contributed by atoms with Gasteiger partial charge in [0.05, 0.1) is 6.61 Å². The molecule has 0 aliphatic carbocycles. The fourth-order valence-electron chi connectivity index (χ4n) is 2.70. The molecule has 0 aromatic heterocycles. The van der Waals surface area contributed by atoms with Crippen molar-refractivity contribution in [1.82, 2.24) is 5.32 Å². The van der Waals surface area contributed by atoms with E-state index in [1.807, 2.05) is 6.07 Å². The zero-order chi connectivity index (χ0) is 14.8. The van der Waals surface area contributed by atoms with Crippen molar-refractivity contribution in [2.24, 2.45) is 5.92 Å². The van der Waals surface area contributed by atoms with Crippen molar-refractivity contribution in [3.8, 4) is 5.75 Å². The standard InChI is InChI=1S/C17H26ClNO/c1-12(2)11-19-7-6-17(3,4)15-10-14(18)9-13-5-8-20-16(13)15/h9-10,12,19H,5-8,11H2,1-4H3. The lowest BCUT2D eigenvalue weighted by Crippen LogP contribution is -2.28. The first-order valence-electron chi connectivity index (χ1n) is 7.56. The molecule has 0 bridgehead atoms. The maximum Gasteiger partial charge on any atom is 0.126 e. The van der Waals surface area contributed by atoms with E-state index >= 15 is 0 Å². The van der Waals surface area contributed by atoms with Gasteiger partial charge >= 0.3 is 0 Å². The molecule has 0 unspecified atom stereocenters. The Labute approximate surface area is 127 Å². The second-order valence-electron chi connectivity index (χ2n) is 6.77. The van der Waals surface area contributed by atoms with Crippen molar-refractivity contribution in [3.05, 3.63) is 28.3 Å². The zero-order valence-electron chi connectivity index (χ0n) is 13.1. The average Bonchev–Trinajstić information content (AvgIpc) is 2.81. The van der Waals surface area contributed by atoms with Gasteiger partial charge in [-0.3, -0.25) is 0 Å². The third-order valence-electron chi connectivity index (χ3n) is 3.96. The molecule has 1 aromatic rings. The highest BCUT2D eigenvalue weighted by Crippen LogP contribution is 2.41. The van der Waals surface area contributed by atoms with E-state index < -0.39 is 0 Å². The van der Waals surface area contributed by atoms with Crippen LogP contribution in [-0.2, 0) is 11.8 Å². The van der Waals surface area contributed by atoms with Crippen molar-refractivity contribution in [2.75, 3.05) is 19.7 Å². The van der Waals surface area contributed by atoms with Crippen LogP contribution in [0.3, 0.4) is 0 Å². The number of benzene rings is 1. The van der Waals surface area contributed by atoms with Crippen LogP contribution in [0, 0.1) is 5.92 Å². The summed E-state index contributed by atoms with van der Waals surface area (Å²) in [6, 6.07) is 4.12. The molecule has 0 fully saturated rings. The number of rotatable bonds is 6. The highest BCUT2D eigenvalue weighted by Gasteiger charge is 2.28. The molecule has 0 saturated carbocycles. The van der Waals surface area contributed by atoms with E-state index in [0.29, 0.717) is 5.92 Å². The van der Waals surface area contributed by atoms with Crippen LogP contribution in [0.15, 0.2) is 12.1 Å². The molecule has 0 amide bonds. The molecule has 0 saturated heterocycles. The monoisotopic (exact) mass is 295 g/mol. The largest absolute Gasteiger partial charge is 0.493 e. The van der Waals surface area contributed by atoms with Crippen LogP contribution < -0.4 is 10.1 Å². The number of ether oxygens (including phenoxy) is 1. The predicted octanol–water partition coefficient (Wildman–Crippen LogP) is 4.19. The average molecular weight is 296 g/mol. The Morgan fingerprint density at radius 1 is 1.35 bits per heavy atom. The molecule has 0 spiro atoms. The Balaban J connectivity index is 2.09. The van der Waals surface area contributed by atoms with E-state index in [1.54, 1.807) is 0 Å². The molecular weight excluding hydrogens is 270 g/mol. The Kier molecular flexibility index (Phi) is 4.98. The third-order valence-corrected chi connectivity index (χ3v) is 4.18.